The van der Waals surface area contributed by atoms with E-state index in [-0.39, 0.29) is 6.04 Å². The van der Waals surface area contributed by atoms with Crippen LogP contribution in [-0.4, -0.2) is 15.9 Å². The highest BCUT2D eigenvalue weighted by atomic mass is 35.5. The first-order valence-electron chi connectivity index (χ1n) is 7.88. The van der Waals surface area contributed by atoms with Crippen LogP contribution in [0.1, 0.15) is 42.5 Å². The lowest BCUT2D eigenvalue weighted by molar-refractivity contribution is -0.137. The van der Waals surface area contributed by atoms with E-state index in [4.69, 9.17) is 11.6 Å². The third-order valence-electron chi connectivity index (χ3n) is 4.37. The Morgan fingerprint density at radius 1 is 1.25 bits per heavy atom. The van der Waals surface area contributed by atoms with Crippen molar-refractivity contribution in [1.29, 1.82) is 0 Å². The van der Waals surface area contributed by atoms with Gasteiger partial charge in [-0.1, -0.05) is 23.7 Å². The van der Waals surface area contributed by atoms with E-state index >= 15 is 0 Å². The zero-order valence-corrected chi connectivity index (χ0v) is 14.0. The van der Waals surface area contributed by atoms with Gasteiger partial charge in [-0.3, -0.25) is 4.90 Å². The first kappa shape index (κ1) is 17.2. The lowest BCUT2D eigenvalue weighted by atomic mass is 10.0. The summed E-state index contributed by atoms with van der Waals surface area (Å²) in [5, 5.41) is 0.426. The molecule has 0 aliphatic heterocycles. The Morgan fingerprint density at radius 2 is 2.00 bits per heavy atom. The summed E-state index contributed by atoms with van der Waals surface area (Å²) in [5.41, 5.74) is 1.09. The molecule has 1 fully saturated rings. The van der Waals surface area contributed by atoms with Crippen LogP contribution in [0.15, 0.2) is 42.6 Å². The van der Waals surface area contributed by atoms with Crippen molar-refractivity contribution in [3.63, 3.8) is 0 Å². The molecule has 0 saturated heterocycles. The van der Waals surface area contributed by atoms with Crippen LogP contribution in [0.5, 0.6) is 0 Å². The van der Waals surface area contributed by atoms with Crippen molar-refractivity contribution >= 4 is 11.6 Å². The molecule has 0 N–H and O–H groups in total. The summed E-state index contributed by atoms with van der Waals surface area (Å²) in [6.45, 7) is 2.60. The number of pyridine rings is 1. The van der Waals surface area contributed by atoms with Crippen LogP contribution in [0.3, 0.4) is 0 Å². The summed E-state index contributed by atoms with van der Waals surface area (Å²) in [7, 11) is 0. The number of halogens is 4. The van der Waals surface area contributed by atoms with Gasteiger partial charge in [0.05, 0.1) is 5.56 Å². The molecule has 128 valence electrons. The van der Waals surface area contributed by atoms with E-state index in [1.54, 1.807) is 18.3 Å². The predicted molar refractivity (Wildman–Crippen MR) is 87.7 cm³/mol. The minimum Gasteiger partial charge on any atom is -0.289 e. The van der Waals surface area contributed by atoms with E-state index in [2.05, 4.69) is 9.88 Å². The van der Waals surface area contributed by atoms with E-state index in [0.29, 0.717) is 23.3 Å². The summed E-state index contributed by atoms with van der Waals surface area (Å²) in [6.07, 6.45) is -0.527. The molecule has 6 heteroatoms. The van der Waals surface area contributed by atoms with E-state index in [0.717, 1.165) is 24.5 Å². The highest BCUT2D eigenvalue weighted by Crippen LogP contribution is 2.37. The fourth-order valence-corrected chi connectivity index (χ4v) is 3.10. The van der Waals surface area contributed by atoms with Gasteiger partial charge in [-0.2, -0.15) is 13.2 Å². The Morgan fingerprint density at radius 3 is 2.62 bits per heavy atom. The van der Waals surface area contributed by atoms with Crippen LogP contribution in [0.4, 0.5) is 13.2 Å². The fourth-order valence-electron chi connectivity index (χ4n) is 2.91. The van der Waals surface area contributed by atoms with Crippen molar-refractivity contribution in [1.82, 2.24) is 9.88 Å². The maximum absolute atomic E-state index is 13.0. The zero-order chi connectivity index (χ0) is 17.3. The van der Waals surface area contributed by atoms with Gasteiger partial charge in [0.25, 0.3) is 0 Å². The fraction of sp³-hybridized carbons (Fsp3) is 0.389. The monoisotopic (exact) mass is 354 g/mol. The lowest BCUT2D eigenvalue weighted by Gasteiger charge is -2.30. The number of rotatable bonds is 5. The quantitative estimate of drug-likeness (QED) is 0.661. The zero-order valence-electron chi connectivity index (χ0n) is 13.2. The lowest BCUT2D eigenvalue weighted by Crippen LogP contribution is -2.29. The van der Waals surface area contributed by atoms with Gasteiger partial charge in [0.2, 0.25) is 0 Å². The molecule has 2 nitrogen and oxygen atoms in total. The molecule has 0 radical (unpaired) electrons. The second kappa shape index (κ2) is 6.73. The average molecular weight is 355 g/mol. The molecule has 1 unspecified atom stereocenters. The number of hydrogen-bond acceptors (Lipinski definition) is 2. The first-order chi connectivity index (χ1) is 11.3. The van der Waals surface area contributed by atoms with Gasteiger partial charge in [0.1, 0.15) is 5.15 Å². The van der Waals surface area contributed by atoms with Crippen molar-refractivity contribution in [2.24, 2.45) is 0 Å². The van der Waals surface area contributed by atoms with E-state index in [9.17, 15) is 13.2 Å². The minimum absolute atomic E-state index is 0.105. The van der Waals surface area contributed by atoms with E-state index in [1.165, 1.54) is 12.1 Å². The molecule has 3 rings (SSSR count). The highest BCUT2D eigenvalue weighted by molar-refractivity contribution is 6.29. The van der Waals surface area contributed by atoms with Gasteiger partial charge in [-0.15, -0.1) is 0 Å². The number of benzene rings is 1. The molecule has 1 aromatic heterocycles. The molecule has 2 aromatic rings. The van der Waals surface area contributed by atoms with Gasteiger partial charge < -0.3 is 0 Å². The van der Waals surface area contributed by atoms with E-state index in [1.807, 2.05) is 13.0 Å². The second-order valence-corrected chi connectivity index (χ2v) is 6.58. The first-order valence-corrected chi connectivity index (χ1v) is 8.26. The molecule has 0 spiro atoms. The second-order valence-electron chi connectivity index (χ2n) is 6.19. The van der Waals surface area contributed by atoms with Crippen LogP contribution < -0.4 is 0 Å². The molecule has 1 aliphatic carbocycles. The molecule has 1 aromatic carbocycles. The number of nitrogens with zero attached hydrogens (tertiary/aromatic N) is 2. The van der Waals surface area contributed by atoms with E-state index < -0.39 is 11.7 Å². The maximum Gasteiger partial charge on any atom is 0.416 e. The average Bonchev–Trinajstić information content (AvgIpc) is 3.36. The van der Waals surface area contributed by atoms with Crippen molar-refractivity contribution in [2.75, 3.05) is 0 Å². The molecule has 0 bridgehead atoms. The Hall–Kier alpha value is -1.59. The topological polar surface area (TPSA) is 16.1 Å². The number of hydrogen-bond donors (Lipinski definition) is 0. The normalized spacial score (nSPS) is 16.4. The standard InChI is InChI=1S/C18H18ClF3N2/c1-12(14-3-2-4-15(10-14)18(20,21)22)24(16-5-6-16)11-13-7-8-23-17(19)9-13/h2-4,7-10,12,16H,5-6,11H2,1H3. The highest BCUT2D eigenvalue weighted by Gasteiger charge is 2.34. The third kappa shape index (κ3) is 4.08. The Balaban J connectivity index is 1.84. The Labute approximate surface area is 144 Å². The van der Waals surface area contributed by atoms with Crippen LogP contribution in [0.2, 0.25) is 5.15 Å². The Kier molecular flexibility index (Phi) is 4.83. The number of aromatic nitrogens is 1. The molecule has 1 saturated carbocycles. The summed E-state index contributed by atoms with van der Waals surface area (Å²) < 4.78 is 38.9. The molecular formula is C18H18ClF3N2. The molecule has 24 heavy (non-hydrogen) atoms. The van der Waals surface area contributed by atoms with Crippen molar-refractivity contribution in [3.8, 4) is 0 Å². The molecule has 1 atom stereocenters. The third-order valence-corrected chi connectivity index (χ3v) is 4.57. The summed E-state index contributed by atoms with van der Waals surface area (Å²) in [5.74, 6) is 0. The smallest absolute Gasteiger partial charge is 0.289 e. The molecule has 1 aliphatic rings. The van der Waals surface area contributed by atoms with Crippen LogP contribution in [0.25, 0.3) is 0 Å². The van der Waals surface area contributed by atoms with Crippen molar-refractivity contribution < 1.29 is 13.2 Å². The molecule has 0 amide bonds. The van der Waals surface area contributed by atoms with Gasteiger partial charge in [0, 0.05) is 24.8 Å². The molecule has 1 heterocycles. The number of alkyl halides is 3. The summed E-state index contributed by atoms with van der Waals surface area (Å²) >= 11 is 5.94. The van der Waals surface area contributed by atoms with Gasteiger partial charge in [0.15, 0.2) is 0 Å². The van der Waals surface area contributed by atoms with Crippen molar-refractivity contribution in [2.45, 2.75) is 44.6 Å². The Bertz CT molecular complexity index is 713. The van der Waals surface area contributed by atoms with Crippen molar-refractivity contribution in [3.05, 3.63) is 64.4 Å². The largest absolute Gasteiger partial charge is 0.416 e. The van der Waals surface area contributed by atoms with Crippen LogP contribution in [-0.2, 0) is 12.7 Å². The van der Waals surface area contributed by atoms with Gasteiger partial charge >= 0.3 is 6.18 Å². The van der Waals surface area contributed by atoms with Crippen LogP contribution >= 0.6 is 11.6 Å². The SMILES string of the molecule is CC(c1cccc(C(F)(F)F)c1)N(Cc1ccnc(Cl)c1)C1CC1. The van der Waals surface area contributed by atoms with Gasteiger partial charge in [-0.05, 0) is 55.2 Å². The summed E-state index contributed by atoms with van der Waals surface area (Å²) in [4.78, 5) is 6.21. The molecular weight excluding hydrogens is 337 g/mol. The van der Waals surface area contributed by atoms with Crippen LogP contribution in [0, 0.1) is 0 Å². The summed E-state index contributed by atoms with van der Waals surface area (Å²) in [6, 6.07) is 9.58. The van der Waals surface area contributed by atoms with Gasteiger partial charge in [-0.25, -0.2) is 4.98 Å². The maximum atomic E-state index is 13.0. The minimum atomic E-state index is -4.32. The predicted octanol–water partition coefficient (Wildman–Crippen LogP) is 5.48.